The highest BCUT2D eigenvalue weighted by Crippen LogP contribution is 2.31. The average molecular weight is 345 g/mol. The van der Waals surface area contributed by atoms with Crippen LogP contribution in [0, 0.1) is 6.92 Å². The highest BCUT2D eigenvalue weighted by Gasteiger charge is 2.46. The van der Waals surface area contributed by atoms with Gasteiger partial charge in [0.25, 0.3) is 5.91 Å². The fourth-order valence-electron chi connectivity index (χ4n) is 4.00. The molecule has 2 heterocycles. The van der Waals surface area contributed by atoms with E-state index >= 15 is 0 Å². The van der Waals surface area contributed by atoms with Crippen LogP contribution in [0.1, 0.15) is 35.2 Å². The molecule has 1 aromatic rings. The number of benzene rings is 1. The Hall–Kier alpha value is -2.08. The van der Waals surface area contributed by atoms with E-state index in [0.717, 1.165) is 30.8 Å². The summed E-state index contributed by atoms with van der Waals surface area (Å²) < 4.78 is 5.32. The minimum Gasteiger partial charge on any atom is -0.496 e. The number of ether oxygens (including phenoxy) is 1. The number of rotatable bonds is 2. The van der Waals surface area contributed by atoms with Gasteiger partial charge in [-0.2, -0.15) is 0 Å². The monoisotopic (exact) mass is 345 g/mol. The van der Waals surface area contributed by atoms with E-state index in [1.807, 2.05) is 37.1 Å². The summed E-state index contributed by atoms with van der Waals surface area (Å²) in [4.78, 5) is 29.6. The van der Waals surface area contributed by atoms with Gasteiger partial charge in [-0.25, -0.2) is 0 Å². The SMILES string of the molecule is COc1cccc(C(=O)N2CCC3(CC2)C(=O)NCCCN3C)c1C. The van der Waals surface area contributed by atoms with Gasteiger partial charge in [0.2, 0.25) is 5.91 Å². The molecule has 136 valence electrons. The van der Waals surface area contributed by atoms with E-state index in [2.05, 4.69) is 10.2 Å². The van der Waals surface area contributed by atoms with Crippen LogP contribution in [0.15, 0.2) is 18.2 Å². The minimum atomic E-state index is -0.475. The first-order chi connectivity index (χ1) is 12.0. The molecule has 0 radical (unpaired) electrons. The van der Waals surface area contributed by atoms with Crippen molar-refractivity contribution < 1.29 is 14.3 Å². The predicted molar refractivity (Wildman–Crippen MR) is 95.9 cm³/mol. The smallest absolute Gasteiger partial charge is 0.254 e. The van der Waals surface area contributed by atoms with Crippen molar-refractivity contribution in [2.24, 2.45) is 0 Å². The summed E-state index contributed by atoms with van der Waals surface area (Å²) in [7, 11) is 3.64. The van der Waals surface area contributed by atoms with Crippen LogP contribution >= 0.6 is 0 Å². The molecule has 0 aromatic heterocycles. The van der Waals surface area contributed by atoms with Crippen molar-refractivity contribution in [1.82, 2.24) is 15.1 Å². The van der Waals surface area contributed by atoms with Crippen LogP contribution in [0.3, 0.4) is 0 Å². The Morgan fingerprint density at radius 1 is 1.24 bits per heavy atom. The number of carbonyl (C=O) groups is 2. The Bertz CT molecular complexity index is 666. The first kappa shape index (κ1) is 17.7. The molecular weight excluding hydrogens is 318 g/mol. The Balaban J connectivity index is 1.76. The zero-order valence-corrected chi connectivity index (χ0v) is 15.3. The number of hydrogen-bond donors (Lipinski definition) is 1. The number of piperidine rings is 1. The lowest BCUT2D eigenvalue weighted by Crippen LogP contribution is -2.61. The van der Waals surface area contributed by atoms with Crippen LogP contribution in [-0.2, 0) is 4.79 Å². The fraction of sp³-hybridized carbons (Fsp3) is 0.579. The minimum absolute atomic E-state index is 0.0166. The highest BCUT2D eigenvalue weighted by atomic mass is 16.5. The fourth-order valence-corrected chi connectivity index (χ4v) is 4.00. The van der Waals surface area contributed by atoms with Crippen molar-refractivity contribution >= 4 is 11.8 Å². The molecule has 25 heavy (non-hydrogen) atoms. The van der Waals surface area contributed by atoms with Crippen LogP contribution in [0.25, 0.3) is 0 Å². The molecule has 0 saturated carbocycles. The van der Waals surface area contributed by atoms with Crippen molar-refractivity contribution in [3.63, 3.8) is 0 Å². The molecule has 6 heteroatoms. The zero-order valence-electron chi connectivity index (χ0n) is 15.3. The van der Waals surface area contributed by atoms with Crippen molar-refractivity contribution in [3.05, 3.63) is 29.3 Å². The molecule has 0 atom stereocenters. The molecule has 1 aromatic carbocycles. The molecule has 0 unspecified atom stereocenters. The maximum atomic E-state index is 12.9. The first-order valence-corrected chi connectivity index (χ1v) is 8.92. The van der Waals surface area contributed by atoms with Crippen molar-refractivity contribution in [1.29, 1.82) is 0 Å². The lowest BCUT2D eigenvalue weighted by atomic mass is 9.84. The van der Waals surface area contributed by atoms with Gasteiger partial charge >= 0.3 is 0 Å². The highest BCUT2D eigenvalue weighted by molar-refractivity contribution is 5.96. The summed E-state index contributed by atoms with van der Waals surface area (Å²) in [6.07, 6.45) is 2.31. The van der Waals surface area contributed by atoms with Crippen LogP contribution in [0.4, 0.5) is 0 Å². The Labute approximate surface area is 149 Å². The van der Waals surface area contributed by atoms with E-state index in [9.17, 15) is 9.59 Å². The number of nitrogens with one attached hydrogen (secondary N) is 1. The van der Waals surface area contributed by atoms with Crippen LogP contribution in [0.2, 0.25) is 0 Å². The van der Waals surface area contributed by atoms with Gasteiger partial charge in [0.05, 0.1) is 7.11 Å². The van der Waals surface area contributed by atoms with Gasteiger partial charge in [0.15, 0.2) is 0 Å². The standard InChI is InChI=1S/C19H27N3O3/c1-14-15(6-4-7-16(14)25-3)17(23)22-12-8-19(9-13-22)18(24)20-10-5-11-21(19)2/h4,6-7H,5,8-13H2,1-3H3,(H,20,24). The number of nitrogens with zero attached hydrogens (tertiary/aromatic N) is 2. The molecule has 2 amide bonds. The van der Waals surface area contributed by atoms with Gasteiger partial charge < -0.3 is 15.0 Å². The Morgan fingerprint density at radius 2 is 1.96 bits per heavy atom. The number of methoxy groups -OCH3 is 1. The molecule has 6 nitrogen and oxygen atoms in total. The number of carbonyl (C=O) groups excluding carboxylic acids is 2. The molecule has 0 aliphatic carbocycles. The van der Waals surface area contributed by atoms with Gasteiger partial charge in [0.1, 0.15) is 11.3 Å². The maximum absolute atomic E-state index is 12.9. The average Bonchev–Trinajstić information content (AvgIpc) is 2.76. The largest absolute Gasteiger partial charge is 0.496 e. The number of likely N-dealkylation sites (tertiary alicyclic amines) is 1. The third-order valence-corrected chi connectivity index (χ3v) is 5.72. The van der Waals surface area contributed by atoms with Crippen LogP contribution in [0.5, 0.6) is 5.75 Å². The van der Waals surface area contributed by atoms with Gasteiger partial charge in [-0.3, -0.25) is 14.5 Å². The summed E-state index contributed by atoms with van der Waals surface area (Å²) in [6.45, 7) is 4.72. The summed E-state index contributed by atoms with van der Waals surface area (Å²) in [6, 6.07) is 5.55. The summed E-state index contributed by atoms with van der Waals surface area (Å²) >= 11 is 0. The third-order valence-electron chi connectivity index (χ3n) is 5.72. The van der Waals surface area contributed by atoms with E-state index in [0.29, 0.717) is 31.5 Å². The zero-order chi connectivity index (χ0) is 18.0. The van der Waals surface area contributed by atoms with Gasteiger partial charge in [-0.05, 0) is 45.4 Å². The number of hydrogen-bond acceptors (Lipinski definition) is 4. The normalized spacial score (nSPS) is 20.9. The first-order valence-electron chi connectivity index (χ1n) is 8.92. The quantitative estimate of drug-likeness (QED) is 0.881. The Kier molecular flexibility index (Phi) is 4.99. The third kappa shape index (κ3) is 3.11. The van der Waals surface area contributed by atoms with Gasteiger partial charge in [0, 0.05) is 37.3 Å². The second-order valence-electron chi connectivity index (χ2n) is 6.99. The molecule has 3 rings (SSSR count). The Morgan fingerprint density at radius 3 is 2.64 bits per heavy atom. The molecule has 2 fully saturated rings. The molecular formula is C19H27N3O3. The predicted octanol–water partition coefficient (Wildman–Crippen LogP) is 1.43. The van der Waals surface area contributed by atoms with E-state index in [1.165, 1.54) is 0 Å². The van der Waals surface area contributed by atoms with E-state index in [4.69, 9.17) is 4.74 Å². The van der Waals surface area contributed by atoms with Crippen molar-refractivity contribution in [2.75, 3.05) is 40.3 Å². The lowest BCUT2D eigenvalue weighted by Gasteiger charge is -2.45. The molecule has 2 aliphatic heterocycles. The molecule has 2 saturated heterocycles. The summed E-state index contributed by atoms with van der Waals surface area (Å²) in [5.41, 5.74) is 1.06. The molecule has 1 N–H and O–H groups in total. The number of amides is 2. The maximum Gasteiger partial charge on any atom is 0.254 e. The van der Waals surface area contributed by atoms with E-state index in [1.54, 1.807) is 7.11 Å². The van der Waals surface area contributed by atoms with Gasteiger partial charge in [-0.1, -0.05) is 6.07 Å². The van der Waals surface area contributed by atoms with Crippen LogP contribution in [-0.4, -0.2) is 67.5 Å². The topological polar surface area (TPSA) is 61.9 Å². The van der Waals surface area contributed by atoms with Crippen molar-refractivity contribution in [2.45, 2.75) is 31.7 Å². The second-order valence-corrected chi connectivity index (χ2v) is 6.99. The molecule has 1 spiro atoms. The molecule has 2 aliphatic rings. The number of likely N-dealkylation sites (N-methyl/N-ethyl adjacent to an activating group) is 1. The van der Waals surface area contributed by atoms with Crippen LogP contribution < -0.4 is 10.1 Å². The summed E-state index contributed by atoms with van der Waals surface area (Å²) in [5.74, 6) is 0.849. The lowest BCUT2D eigenvalue weighted by molar-refractivity contribution is -0.134. The van der Waals surface area contributed by atoms with Crippen molar-refractivity contribution in [3.8, 4) is 5.75 Å². The second kappa shape index (κ2) is 7.04. The summed E-state index contributed by atoms with van der Waals surface area (Å²) in [5, 5.41) is 3.03. The van der Waals surface area contributed by atoms with E-state index in [-0.39, 0.29) is 11.8 Å². The van der Waals surface area contributed by atoms with Gasteiger partial charge in [-0.15, -0.1) is 0 Å². The van der Waals surface area contributed by atoms with E-state index < -0.39 is 5.54 Å². The molecule has 0 bridgehead atoms.